The molecule has 32 heavy (non-hydrogen) atoms. The molecule has 1 N–H and O–H groups in total. The van der Waals surface area contributed by atoms with Crippen LogP contribution >= 0.6 is 23.1 Å². The van der Waals surface area contributed by atoms with Gasteiger partial charge in [0.2, 0.25) is 0 Å². The standard InChI is InChI=1S/C22H14N4O4S2/c1-13-2-4-15(5-3-13)24-21(27)14(12-23)10-17-7-9-20(30-17)32-22-25-18-8-6-16(26(28)29)11-19(18)31-22/h2-11H,1H3,(H,24,27)/b14-10+. The highest BCUT2D eigenvalue weighted by molar-refractivity contribution is 8.01. The second-order valence-corrected chi connectivity index (χ2v) is 8.92. The Labute approximate surface area is 190 Å². The molecule has 0 aliphatic heterocycles. The van der Waals surface area contributed by atoms with Crippen LogP contribution in [-0.2, 0) is 4.79 Å². The number of hydrogen-bond acceptors (Lipinski definition) is 8. The Kier molecular flexibility index (Phi) is 6.02. The van der Waals surface area contributed by atoms with Gasteiger partial charge < -0.3 is 9.73 Å². The summed E-state index contributed by atoms with van der Waals surface area (Å²) >= 11 is 2.57. The molecule has 0 radical (unpaired) electrons. The van der Waals surface area contributed by atoms with Gasteiger partial charge in [0.15, 0.2) is 9.43 Å². The first-order valence-corrected chi connectivity index (χ1v) is 10.9. The molecule has 2 aromatic carbocycles. The van der Waals surface area contributed by atoms with Crippen molar-refractivity contribution in [1.29, 1.82) is 5.26 Å². The van der Waals surface area contributed by atoms with Crippen LogP contribution in [0.2, 0.25) is 0 Å². The molecule has 4 aromatic rings. The molecule has 0 spiro atoms. The van der Waals surface area contributed by atoms with Gasteiger partial charge >= 0.3 is 0 Å². The molecule has 0 bridgehead atoms. The number of furan rings is 1. The Hall–Kier alpha value is -3.94. The normalized spacial score (nSPS) is 11.3. The van der Waals surface area contributed by atoms with Crippen LogP contribution in [0, 0.1) is 28.4 Å². The lowest BCUT2D eigenvalue weighted by Gasteiger charge is -2.04. The van der Waals surface area contributed by atoms with Crippen molar-refractivity contribution in [3.63, 3.8) is 0 Å². The van der Waals surface area contributed by atoms with Crippen molar-refractivity contribution < 1.29 is 14.1 Å². The number of nitrogens with zero attached hydrogens (tertiary/aromatic N) is 3. The average Bonchev–Trinajstić information content (AvgIpc) is 3.39. The van der Waals surface area contributed by atoms with Crippen molar-refractivity contribution in [3.05, 3.63) is 81.6 Å². The van der Waals surface area contributed by atoms with E-state index in [2.05, 4.69) is 10.3 Å². The maximum absolute atomic E-state index is 12.4. The smallest absolute Gasteiger partial charge is 0.270 e. The fourth-order valence-electron chi connectivity index (χ4n) is 2.73. The number of benzene rings is 2. The van der Waals surface area contributed by atoms with E-state index in [1.54, 1.807) is 30.3 Å². The number of aromatic nitrogens is 1. The summed E-state index contributed by atoms with van der Waals surface area (Å²) in [7, 11) is 0. The van der Waals surface area contributed by atoms with E-state index in [1.165, 1.54) is 41.3 Å². The van der Waals surface area contributed by atoms with Crippen molar-refractivity contribution in [2.45, 2.75) is 16.4 Å². The zero-order chi connectivity index (χ0) is 22.7. The summed E-state index contributed by atoms with van der Waals surface area (Å²) in [5.74, 6) is -0.186. The number of non-ortho nitro benzene ring substituents is 1. The van der Waals surface area contributed by atoms with Gasteiger partial charge in [0.05, 0.1) is 15.1 Å². The SMILES string of the molecule is Cc1ccc(NC(=O)/C(C#N)=C/c2ccc(Sc3nc4ccc([N+](=O)[O-])cc4s3)o2)cc1. The Bertz CT molecular complexity index is 1400. The summed E-state index contributed by atoms with van der Waals surface area (Å²) in [4.78, 5) is 27.3. The predicted molar refractivity (Wildman–Crippen MR) is 123 cm³/mol. The lowest BCUT2D eigenvalue weighted by atomic mass is 10.2. The van der Waals surface area contributed by atoms with E-state index in [-0.39, 0.29) is 11.3 Å². The van der Waals surface area contributed by atoms with Crippen LogP contribution in [0.4, 0.5) is 11.4 Å². The number of carbonyl (C=O) groups is 1. The number of nitro benzene ring substituents is 1. The van der Waals surface area contributed by atoms with Crippen molar-refractivity contribution in [2.24, 2.45) is 0 Å². The third kappa shape index (κ3) is 4.85. The van der Waals surface area contributed by atoms with E-state index in [1.807, 2.05) is 25.1 Å². The van der Waals surface area contributed by atoms with E-state index >= 15 is 0 Å². The van der Waals surface area contributed by atoms with Gasteiger partial charge in [0.1, 0.15) is 17.4 Å². The number of rotatable bonds is 6. The minimum atomic E-state index is -0.533. The third-order valence-electron chi connectivity index (χ3n) is 4.31. The number of hydrogen-bond donors (Lipinski definition) is 1. The second-order valence-electron chi connectivity index (χ2n) is 6.64. The van der Waals surface area contributed by atoms with Crippen LogP contribution < -0.4 is 5.32 Å². The van der Waals surface area contributed by atoms with Gasteiger partial charge in [0.25, 0.3) is 11.6 Å². The van der Waals surface area contributed by atoms with E-state index in [9.17, 15) is 20.2 Å². The molecule has 10 heteroatoms. The first-order valence-electron chi connectivity index (χ1n) is 9.24. The number of anilines is 1. The highest BCUT2D eigenvalue weighted by Crippen LogP contribution is 2.36. The number of nitrogens with one attached hydrogen (secondary N) is 1. The zero-order valence-corrected chi connectivity index (χ0v) is 18.2. The summed E-state index contributed by atoms with van der Waals surface area (Å²) in [6.45, 7) is 1.94. The number of carbonyl (C=O) groups excluding carboxylic acids is 1. The summed E-state index contributed by atoms with van der Waals surface area (Å²) in [5, 5.41) is 23.5. The van der Waals surface area contributed by atoms with Crippen molar-refractivity contribution in [3.8, 4) is 6.07 Å². The largest absolute Gasteiger partial charge is 0.450 e. The van der Waals surface area contributed by atoms with Crippen LogP contribution in [0.1, 0.15) is 11.3 Å². The number of thiazole rings is 1. The summed E-state index contributed by atoms with van der Waals surface area (Å²) in [5.41, 5.74) is 2.23. The van der Waals surface area contributed by atoms with Gasteiger partial charge in [0, 0.05) is 23.9 Å². The molecule has 0 aliphatic rings. The first-order chi connectivity index (χ1) is 15.4. The van der Waals surface area contributed by atoms with Gasteiger partial charge in [-0.05, 0) is 49.0 Å². The number of nitro groups is 1. The van der Waals surface area contributed by atoms with E-state index in [0.29, 0.717) is 31.1 Å². The quantitative estimate of drug-likeness (QED) is 0.166. The van der Waals surface area contributed by atoms with Crippen LogP contribution in [0.25, 0.3) is 16.3 Å². The molecule has 0 aliphatic carbocycles. The van der Waals surface area contributed by atoms with Gasteiger partial charge in [-0.25, -0.2) is 4.98 Å². The molecule has 0 saturated carbocycles. The van der Waals surface area contributed by atoms with Gasteiger partial charge in [-0.3, -0.25) is 14.9 Å². The molecule has 0 fully saturated rings. The van der Waals surface area contributed by atoms with Gasteiger partial charge in [-0.1, -0.05) is 17.7 Å². The minimum absolute atomic E-state index is 0.0102. The second kappa shape index (κ2) is 9.05. The van der Waals surface area contributed by atoms with Crippen LogP contribution in [0.3, 0.4) is 0 Å². The molecular weight excluding hydrogens is 448 g/mol. The highest BCUT2D eigenvalue weighted by atomic mass is 32.2. The van der Waals surface area contributed by atoms with Crippen molar-refractivity contribution >= 4 is 56.7 Å². The van der Waals surface area contributed by atoms with Gasteiger partial charge in [-0.15, -0.1) is 11.3 Å². The first kappa shape index (κ1) is 21.3. The molecule has 4 rings (SSSR count). The molecule has 1 amide bonds. The maximum Gasteiger partial charge on any atom is 0.270 e. The third-order valence-corrected chi connectivity index (χ3v) is 6.31. The van der Waals surface area contributed by atoms with Crippen LogP contribution in [0.5, 0.6) is 0 Å². The number of fused-ring (bicyclic) bond motifs is 1. The Balaban J connectivity index is 1.48. The lowest BCUT2D eigenvalue weighted by molar-refractivity contribution is -0.384. The van der Waals surface area contributed by atoms with Crippen LogP contribution in [-0.4, -0.2) is 15.8 Å². The Morgan fingerprint density at radius 1 is 1.25 bits per heavy atom. The molecule has 0 unspecified atom stereocenters. The lowest BCUT2D eigenvalue weighted by Crippen LogP contribution is -2.13. The van der Waals surface area contributed by atoms with Crippen molar-refractivity contribution in [1.82, 2.24) is 4.98 Å². The van der Waals surface area contributed by atoms with E-state index in [4.69, 9.17) is 4.42 Å². The van der Waals surface area contributed by atoms with Gasteiger partial charge in [-0.2, -0.15) is 5.26 Å². The Morgan fingerprint density at radius 3 is 2.75 bits per heavy atom. The molecular formula is C22H14N4O4S2. The summed E-state index contributed by atoms with van der Waals surface area (Å²) in [6, 6.07) is 17.0. The van der Waals surface area contributed by atoms with Crippen LogP contribution in [0.15, 0.2) is 74.0 Å². The predicted octanol–water partition coefficient (Wildman–Crippen LogP) is 5.80. The molecule has 2 heterocycles. The monoisotopic (exact) mass is 462 g/mol. The molecule has 2 aromatic heterocycles. The van der Waals surface area contributed by atoms with Crippen molar-refractivity contribution in [2.75, 3.05) is 5.32 Å². The molecule has 0 saturated heterocycles. The highest BCUT2D eigenvalue weighted by Gasteiger charge is 2.14. The number of nitriles is 1. The fraction of sp³-hybridized carbons (Fsp3) is 0.0455. The zero-order valence-electron chi connectivity index (χ0n) is 16.6. The Morgan fingerprint density at radius 2 is 2.03 bits per heavy atom. The number of amides is 1. The molecule has 8 nitrogen and oxygen atoms in total. The average molecular weight is 463 g/mol. The minimum Gasteiger partial charge on any atom is -0.450 e. The fourth-order valence-corrected chi connectivity index (χ4v) is 4.73. The summed E-state index contributed by atoms with van der Waals surface area (Å²) < 4.78 is 7.07. The topological polar surface area (TPSA) is 122 Å². The maximum atomic E-state index is 12.4. The summed E-state index contributed by atoms with van der Waals surface area (Å²) in [6.07, 6.45) is 1.37. The number of aryl methyl sites for hydroxylation is 1. The van der Waals surface area contributed by atoms with E-state index < -0.39 is 10.8 Å². The molecule has 0 atom stereocenters. The van der Waals surface area contributed by atoms with E-state index in [0.717, 1.165) is 5.56 Å². The molecule has 158 valence electrons.